The number of hydrogen-bond donors (Lipinski definition) is 1. The highest BCUT2D eigenvalue weighted by atomic mass is 35.5. The lowest BCUT2D eigenvalue weighted by Crippen LogP contribution is -2.14. The number of amides is 1. The number of fused-ring (bicyclic) bond motifs is 1. The van der Waals surface area contributed by atoms with Gasteiger partial charge in [-0.3, -0.25) is 14.2 Å². The second-order valence-corrected chi connectivity index (χ2v) is 9.33. The summed E-state index contributed by atoms with van der Waals surface area (Å²) in [7, 11) is 0. The van der Waals surface area contributed by atoms with Crippen LogP contribution in [0.15, 0.2) is 54.7 Å². The zero-order chi connectivity index (χ0) is 26.3. The van der Waals surface area contributed by atoms with Gasteiger partial charge in [0.15, 0.2) is 0 Å². The Morgan fingerprint density at radius 3 is 2.57 bits per heavy atom. The number of halogens is 2. The van der Waals surface area contributed by atoms with Gasteiger partial charge in [-0.2, -0.15) is 10.2 Å². The van der Waals surface area contributed by atoms with E-state index in [0.717, 1.165) is 40.0 Å². The number of benzene rings is 2. The molecule has 0 aliphatic carbocycles. The molecule has 5 aromatic rings. The Balaban J connectivity index is 1.51. The van der Waals surface area contributed by atoms with Crippen molar-refractivity contribution < 1.29 is 9.18 Å². The summed E-state index contributed by atoms with van der Waals surface area (Å²) in [6, 6.07) is 13.7. The lowest BCUT2D eigenvalue weighted by atomic mass is 10.0. The van der Waals surface area contributed by atoms with Gasteiger partial charge >= 0.3 is 0 Å². The fourth-order valence-corrected chi connectivity index (χ4v) is 4.77. The quantitative estimate of drug-likeness (QED) is 0.286. The standard InChI is InChI=1S/C28H26ClFN6O/c1-5-35-17(3)23(14-31-35)26-13-22(21-8-6-7-9-25(21)32-26)28(37)33-27-16(2)34-36(18(27)4)15-19-10-11-20(30)12-24(19)29/h6-14H,5,15H2,1-4H3,(H,33,37). The van der Waals surface area contributed by atoms with Gasteiger partial charge in [0.05, 0.1) is 46.6 Å². The number of pyridine rings is 1. The molecule has 0 saturated heterocycles. The molecule has 3 aromatic heterocycles. The number of rotatable bonds is 6. The largest absolute Gasteiger partial charge is 0.319 e. The molecule has 0 saturated carbocycles. The highest BCUT2D eigenvalue weighted by Crippen LogP contribution is 2.29. The SMILES string of the molecule is CCn1ncc(-c2cc(C(=O)Nc3c(C)nn(Cc4ccc(F)cc4Cl)c3C)c3ccccc3n2)c1C. The third kappa shape index (κ3) is 4.60. The van der Waals surface area contributed by atoms with Crippen molar-refractivity contribution in [2.75, 3.05) is 5.32 Å². The molecule has 37 heavy (non-hydrogen) atoms. The van der Waals surface area contributed by atoms with Crippen LogP contribution in [-0.4, -0.2) is 30.5 Å². The van der Waals surface area contributed by atoms with Crippen LogP contribution in [0.25, 0.3) is 22.2 Å². The lowest BCUT2D eigenvalue weighted by Gasteiger charge is -2.11. The molecule has 0 spiro atoms. The molecular formula is C28H26ClFN6O. The third-order valence-corrected chi connectivity index (χ3v) is 6.95. The maximum atomic E-state index is 13.7. The van der Waals surface area contributed by atoms with Crippen molar-refractivity contribution in [3.8, 4) is 11.3 Å². The van der Waals surface area contributed by atoms with Crippen LogP contribution in [0.4, 0.5) is 10.1 Å². The molecule has 5 rings (SSSR count). The first-order valence-electron chi connectivity index (χ1n) is 12.0. The molecule has 2 aromatic carbocycles. The van der Waals surface area contributed by atoms with Crippen LogP contribution in [0.3, 0.4) is 0 Å². The molecule has 0 fully saturated rings. The maximum absolute atomic E-state index is 13.7. The molecule has 0 unspecified atom stereocenters. The van der Waals surface area contributed by atoms with Crippen LogP contribution in [-0.2, 0) is 13.1 Å². The smallest absolute Gasteiger partial charge is 0.256 e. The molecule has 0 aliphatic heterocycles. The van der Waals surface area contributed by atoms with Crippen molar-refractivity contribution in [2.45, 2.75) is 40.8 Å². The number of nitrogens with one attached hydrogen (secondary N) is 1. The minimum absolute atomic E-state index is 0.258. The van der Waals surface area contributed by atoms with E-state index >= 15 is 0 Å². The number of anilines is 1. The molecule has 0 radical (unpaired) electrons. The highest BCUT2D eigenvalue weighted by Gasteiger charge is 2.20. The zero-order valence-corrected chi connectivity index (χ0v) is 21.8. The Hall–Kier alpha value is -4.04. The van der Waals surface area contributed by atoms with Crippen LogP contribution in [0.2, 0.25) is 5.02 Å². The predicted molar refractivity (Wildman–Crippen MR) is 144 cm³/mol. The molecule has 0 bridgehead atoms. The van der Waals surface area contributed by atoms with E-state index in [0.29, 0.717) is 34.2 Å². The number of carbonyl (C=O) groups is 1. The van der Waals surface area contributed by atoms with Crippen LogP contribution in [0, 0.1) is 26.6 Å². The predicted octanol–water partition coefficient (Wildman–Crippen LogP) is 6.33. The lowest BCUT2D eigenvalue weighted by molar-refractivity contribution is 0.102. The average Bonchev–Trinajstić information content (AvgIpc) is 3.38. The Kier molecular flexibility index (Phi) is 6.52. The summed E-state index contributed by atoms with van der Waals surface area (Å²) in [6.07, 6.45) is 1.79. The van der Waals surface area contributed by atoms with Gasteiger partial charge < -0.3 is 5.32 Å². The van der Waals surface area contributed by atoms with E-state index in [2.05, 4.69) is 15.5 Å². The van der Waals surface area contributed by atoms with Gasteiger partial charge in [0, 0.05) is 28.2 Å². The molecule has 1 N–H and O–H groups in total. The third-order valence-electron chi connectivity index (χ3n) is 6.59. The Bertz CT molecular complexity index is 1650. The highest BCUT2D eigenvalue weighted by molar-refractivity contribution is 6.31. The average molecular weight is 517 g/mol. The first-order valence-corrected chi connectivity index (χ1v) is 12.4. The molecule has 7 nitrogen and oxygen atoms in total. The van der Waals surface area contributed by atoms with E-state index in [1.807, 2.05) is 62.7 Å². The van der Waals surface area contributed by atoms with Crippen molar-refractivity contribution in [3.05, 3.63) is 93.8 Å². The zero-order valence-electron chi connectivity index (χ0n) is 21.0. The molecular weight excluding hydrogens is 491 g/mol. The van der Waals surface area contributed by atoms with E-state index in [-0.39, 0.29) is 5.91 Å². The van der Waals surface area contributed by atoms with Gasteiger partial charge in [-0.1, -0.05) is 35.9 Å². The normalized spacial score (nSPS) is 11.3. The van der Waals surface area contributed by atoms with Crippen LogP contribution >= 0.6 is 11.6 Å². The van der Waals surface area contributed by atoms with Gasteiger partial charge in [-0.25, -0.2) is 9.37 Å². The van der Waals surface area contributed by atoms with E-state index in [4.69, 9.17) is 16.6 Å². The summed E-state index contributed by atoms with van der Waals surface area (Å²) >= 11 is 6.22. The number of para-hydroxylation sites is 1. The summed E-state index contributed by atoms with van der Waals surface area (Å²) in [5.41, 5.74) is 6.60. The van der Waals surface area contributed by atoms with Gasteiger partial charge in [-0.05, 0) is 57.5 Å². The first-order chi connectivity index (χ1) is 17.8. The summed E-state index contributed by atoms with van der Waals surface area (Å²) in [4.78, 5) is 18.5. The minimum Gasteiger partial charge on any atom is -0.319 e. The van der Waals surface area contributed by atoms with Gasteiger partial charge in [0.25, 0.3) is 5.91 Å². The van der Waals surface area contributed by atoms with E-state index in [1.54, 1.807) is 16.9 Å². The topological polar surface area (TPSA) is 77.6 Å². The first kappa shape index (κ1) is 24.6. The van der Waals surface area contributed by atoms with Gasteiger partial charge in [0.2, 0.25) is 0 Å². The maximum Gasteiger partial charge on any atom is 0.256 e. The number of carbonyl (C=O) groups excluding carboxylic acids is 1. The van der Waals surface area contributed by atoms with Crippen LogP contribution < -0.4 is 5.32 Å². The van der Waals surface area contributed by atoms with Crippen LogP contribution in [0.1, 0.15) is 39.9 Å². The van der Waals surface area contributed by atoms with E-state index in [9.17, 15) is 9.18 Å². The van der Waals surface area contributed by atoms with Crippen molar-refractivity contribution in [2.24, 2.45) is 0 Å². The molecule has 1 amide bonds. The second kappa shape index (κ2) is 9.78. The number of hydrogen-bond acceptors (Lipinski definition) is 4. The summed E-state index contributed by atoms with van der Waals surface area (Å²) in [5.74, 6) is -0.651. The van der Waals surface area contributed by atoms with Crippen molar-refractivity contribution in [1.29, 1.82) is 0 Å². The second-order valence-electron chi connectivity index (χ2n) is 8.92. The fourth-order valence-electron chi connectivity index (χ4n) is 4.54. The Labute approximate surface area is 218 Å². The molecule has 3 heterocycles. The van der Waals surface area contributed by atoms with Crippen molar-refractivity contribution >= 4 is 34.1 Å². The van der Waals surface area contributed by atoms with Crippen molar-refractivity contribution in [3.63, 3.8) is 0 Å². The number of nitrogens with zero attached hydrogens (tertiary/aromatic N) is 5. The molecule has 9 heteroatoms. The minimum atomic E-state index is -0.392. The fraction of sp³-hybridized carbons (Fsp3) is 0.214. The van der Waals surface area contributed by atoms with Gasteiger partial charge in [0.1, 0.15) is 5.82 Å². The summed E-state index contributed by atoms with van der Waals surface area (Å²) < 4.78 is 17.1. The van der Waals surface area contributed by atoms with E-state index < -0.39 is 5.82 Å². The Morgan fingerprint density at radius 2 is 1.84 bits per heavy atom. The Morgan fingerprint density at radius 1 is 1.05 bits per heavy atom. The molecule has 0 atom stereocenters. The monoisotopic (exact) mass is 516 g/mol. The number of aryl methyl sites for hydroxylation is 2. The molecule has 188 valence electrons. The molecule has 0 aliphatic rings. The van der Waals surface area contributed by atoms with Gasteiger partial charge in [-0.15, -0.1) is 0 Å². The van der Waals surface area contributed by atoms with Crippen molar-refractivity contribution in [1.82, 2.24) is 24.5 Å². The number of aromatic nitrogens is 5. The van der Waals surface area contributed by atoms with E-state index in [1.165, 1.54) is 12.1 Å². The van der Waals surface area contributed by atoms with Crippen LogP contribution in [0.5, 0.6) is 0 Å². The summed E-state index contributed by atoms with van der Waals surface area (Å²) in [5, 5.41) is 13.2. The summed E-state index contributed by atoms with van der Waals surface area (Å²) in [6.45, 7) is 8.85.